The van der Waals surface area contributed by atoms with E-state index < -0.39 is 0 Å². The van der Waals surface area contributed by atoms with Gasteiger partial charge < -0.3 is 15.1 Å². The van der Waals surface area contributed by atoms with Crippen LogP contribution in [0.5, 0.6) is 0 Å². The molecule has 1 unspecified atom stereocenters. The molecule has 3 rings (SSSR count). The Balaban J connectivity index is 1.48. The van der Waals surface area contributed by atoms with Crippen molar-refractivity contribution in [3.8, 4) is 0 Å². The molecule has 0 aliphatic carbocycles. The zero-order valence-electron chi connectivity index (χ0n) is 18.4. The molecule has 0 bridgehead atoms. The molecule has 2 fully saturated rings. The van der Waals surface area contributed by atoms with Crippen molar-refractivity contribution in [1.82, 2.24) is 24.9 Å². The zero-order valence-corrected chi connectivity index (χ0v) is 18.4. The topological polar surface area (TPSA) is 37.4 Å². The highest BCUT2D eigenvalue weighted by atomic mass is 15.4. The molecule has 6 heteroatoms. The number of aliphatic imine (C=N–C) groups is 1. The van der Waals surface area contributed by atoms with Crippen molar-refractivity contribution in [1.29, 1.82) is 0 Å². The van der Waals surface area contributed by atoms with Crippen LogP contribution in [-0.2, 0) is 0 Å². The first-order valence-corrected chi connectivity index (χ1v) is 11.0. The fraction of sp³-hybridized carbons (Fsp3) is 0.609. The number of likely N-dealkylation sites (N-methyl/N-ethyl adjacent to an activating group) is 2. The van der Waals surface area contributed by atoms with Crippen LogP contribution in [0.1, 0.15) is 12.5 Å². The number of guanidine groups is 1. The SMILES string of the molecule is CCNC(=NCC1CN(C)CCN1C)N1CCN(C/C=C/c2ccccc2)CC1. The Morgan fingerprint density at radius 2 is 1.83 bits per heavy atom. The van der Waals surface area contributed by atoms with Gasteiger partial charge in [0.1, 0.15) is 0 Å². The van der Waals surface area contributed by atoms with Crippen molar-refractivity contribution in [2.24, 2.45) is 4.99 Å². The fourth-order valence-corrected chi connectivity index (χ4v) is 3.96. The Morgan fingerprint density at radius 1 is 1.07 bits per heavy atom. The summed E-state index contributed by atoms with van der Waals surface area (Å²) in [6, 6.07) is 11.0. The lowest BCUT2D eigenvalue weighted by Crippen LogP contribution is -2.54. The minimum atomic E-state index is 0.506. The van der Waals surface area contributed by atoms with Gasteiger partial charge in [0, 0.05) is 64.9 Å². The van der Waals surface area contributed by atoms with E-state index in [4.69, 9.17) is 4.99 Å². The summed E-state index contributed by atoms with van der Waals surface area (Å²) in [5.74, 6) is 1.08. The molecule has 29 heavy (non-hydrogen) atoms. The van der Waals surface area contributed by atoms with Crippen LogP contribution < -0.4 is 5.32 Å². The van der Waals surface area contributed by atoms with Crippen molar-refractivity contribution in [3.05, 3.63) is 42.0 Å². The van der Waals surface area contributed by atoms with Gasteiger partial charge in [0.15, 0.2) is 5.96 Å². The first-order valence-electron chi connectivity index (χ1n) is 11.0. The highest BCUT2D eigenvalue weighted by Crippen LogP contribution is 2.08. The molecule has 1 aromatic carbocycles. The van der Waals surface area contributed by atoms with Crippen molar-refractivity contribution < 1.29 is 0 Å². The van der Waals surface area contributed by atoms with Crippen LogP contribution in [0, 0.1) is 0 Å². The van der Waals surface area contributed by atoms with Crippen LogP contribution in [0.25, 0.3) is 6.08 Å². The minimum Gasteiger partial charge on any atom is -0.357 e. The predicted octanol–water partition coefficient (Wildman–Crippen LogP) is 1.53. The summed E-state index contributed by atoms with van der Waals surface area (Å²) in [7, 11) is 4.43. The van der Waals surface area contributed by atoms with Crippen molar-refractivity contribution in [3.63, 3.8) is 0 Å². The van der Waals surface area contributed by atoms with Gasteiger partial charge in [0.05, 0.1) is 6.54 Å². The molecule has 160 valence electrons. The summed E-state index contributed by atoms with van der Waals surface area (Å²) in [6.07, 6.45) is 4.50. The van der Waals surface area contributed by atoms with Gasteiger partial charge >= 0.3 is 0 Å². The maximum absolute atomic E-state index is 5.00. The standard InChI is InChI=1S/C23H38N6/c1-4-24-23(25-19-22-20-26(2)13-14-27(22)3)29-17-15-28(16-18-29)12-8-11-21-9-6-5-7-10-21/h5-11,22H,4,12-20H2,1-3H3,(H,24,25)/b11-8+. The summed E-state index contributed by atoms with van der Waals surface area (Å²) in [6.45, 7) is 12.5. The predicted molar refractivity (Wildman–Crippen MR) is 123 cm³/mol. The highest BCUT2D eigenvalue weighted by Gasteiger charge is 2.23. The first-order chi connectivity index (χ1) is 14.2. The van der Waals surface area contributed by atoms with Gasteiger partial charge in [-0.3, -0.25) is 14.8 Å². The lowest BCUT2D eigenvalue weighted by Gasteiger charge is -2.38. The largest absolute Gasteiger partial charge is 0.357 e. The Hall–Kier alpha value is -1.89. The van der Waals surface area contributed by atoms with Crippen molar-refractivity contribution >= 4 is 12.0 Å². The van der Waals surface area contributed by atoms with E-state index in [2.05, 4.69) is 88.4 Å². The van der Waals surface area contributed by atoms with Crippen molar-refractivity contribution in [2.75, 3.05) is 79.5 Å². The average molecular weight is 399 g/mol. The number of hydrogen-bond donors (Lipinski definition) is 1. The Bertz CT molecular complexity index is 651. The van der Waals surface area contributed by atoms with E-state index in [9.17, 15) is 0 Å². The van der Waals surface area contributed by atoms with Crippen molar-refractivity contribution in [2.45, 2.75) is 13.0 Å². The first kappa shape index (κ1) is 21.8. The molecule has 2 aliphatic heterocycles. The highest BCUT2D eigenvalue weighted by molar-refractivity contribution is 5.80. The van der Waals surface area contributed by atoms with Gasteiger partial charge in [-0.25, -0.2) is 0 Å². The lowest BCUT2D eigenvalue weighted by molar-refractivity contribution is 0.119. The molecule has 1 atom stereocenters. The molecule has 2 aliphatic rings. The van der Waals surface area contributed by atoms with E-state index in [0.29, 0.717) is 6.04 Å². The zero-order chi connectivity index (χ0) is 20.5. The van der Waals surface area contributed by atoms with Gasteiger partial charge in [0.2, 0.25) is 0 Å². The number of rotatable bonds is 6. The molecular formula is C23H38N6. The number of piperazine rings is 2. The molecule has 2 saturated heterocycles. The third kappa shape index (κ3) is 6.84. The number of nitrogens with one attached hydrogen (secondary N) is 1. The van der Waals surface area contributed by atoms with Gasteiger partial charge in [-0.15, -0.1) is 0 Å². The smallest absolute Gasteiger partial charge is 0.194 e. The molecule has 2 heterocycles. The van der Waals surface area contributed by atoms with Gasteiger partial charge in [-0.2, -0.15) is 0 Å². The van der Waals surface area contributed by atoms with Crippen LogP contribution in [0.3, 0.4) is 0 Å². The maximum atomic E-state index is 5.00. The number of benzene rings is 1. The Labute approximate surface area is 176 Å². The summed E-state index contributed by atoms with van der Waals surface area (Å²) < 4.78 is 0. The number of nitrogens with zero attached hydrogens (tertiary/aromatic N) is 5. The van der Waals surface area contributed by atoms with E-state index >= 15 is 0 Å². The number of hydrogen-bond acceptors (Lipinski definition) is 4. The fourth-order valence-electron chi connectivity index (χ4n) is 3.96. The van der Waals surface area contributed by atoms with E-state index in [0.717, 1.165) is 71.4 Å². The molecule has 0 saturated carbocycles. The van der Waals surface area contributed by atoms with Crippen LogP contribution in [0.15, 0.2) is 41.4 Å². The molecule has 0 amide bonds. The maximum Gasteiger partial charge on any atom is 0.194 e. The summed E-state index contributed by atoms with van der Waals surface area (Å²) in [5, 5.41) is 3.51. The normalized spacial score (nSPS) is 23.1. The van der Waals surface area contributed by atoms with E-state index in [-0.39, 0.29) is 0 Å². The third-order valence-electron chi connectivity index (χ3n) is 5.91. The lowest BCUT2D eigenvalue weighted by atomic mass is 10.2. The molecule has 1 N–H and O–H groups in total. The van der Waals surface area contributed by atoms with E-state index in [1.54, 1.807) is 0 Å². The Kier molecular flexibility index (Phi) is 8.52. The second kappa shape index (κ2) is 11.3. The second-order valence-electron chi connectivity index (χ2n) is 8.19. The van der Waals surface area contributed by atoms with Crippen LogP contribution in [0.2, 0.25) is 0 Å². The van der Waals surface area contributed by atoms with E-state index in [1.807, 2.05) is 0 Å². The monoisotopic (exact) mass is 398 g/mol. The second-order valence-corrected chi connectivity index (χ2v) is 8.19. The average Bonchev–Trinajstić information content (AvgIpc) is 2.75. The summed E-state index contributed by atoms with van der Waals surface area (Å²) in [5.41, 5.74) is 1.27. The quantitative estimate of drug-likeness (QED) is 0.581. The van der Waals surface area contributed by atoms with Gasteiger partial charge in [-0.05, 0) is 26.6 Å². The molecule has 0 aromatic heterocycles. The summed E-state index contributed by atoms with van der Waals surface area (Å²) in [4.78, 5) is 14.8. The van der Waals surface area contributed by atoms with Crippen LogP contribution in [0.4, 0.5) is 0 Å². The molecule has 0 spiro atoms. The van der Waals surface area contributed by atoms with E-state index in [1.165, 1.54) is 5.56 Å². The van der Waals surface area contributed by atoms with Crippen LogP contribution in [-0.4, -0.2) is 111 Å². The van der Waals surface area contributed by atoms with Gasteiger partial charge in [-0.1, -0.05) is 42.5 Å². The van der Waals surface area contributed by atoms with Gasteiger partial charge in [0.25, 0.3) is 0 Å². The molecular weight excluding hydrogens is 360 g/mol. The Morgan fingerprint density at radius 3 is 2.55 bits per heavy atom. The molecule has 0 radical (unpaired) electrons. The molecule has 6 nitrogen and oxygen atoms in total. The third-order valence-corrected chi connectivity index (χ3v) is 5.91. The van der Waals surface area contributed by atoms with Crippen LogP contribution >= 0.6 is 0 Å². The minimum absolute atomic E-state index is 0.506. The summed E-state index contributed by atoms with van der Waals surface area (Å²) >= 11 is 0. The molecule has 1 aromatic rings.